The highest BCUT2D eigenvalue weighted by atomic mass is 35.5. The molecule has 0 unspecified atom stereocenters. The summed E-state index contributed by atoms with van der Waals surface area (Å²) in [5, 5.41) is 7.00. The summed E-state index contributed by atoms with van der Waals surface area (Å²) >= 11 is 10.9. The van der Waals surface area contributed by atoms with Gasteiger partial charge in [0.1, 0.15) is 0 Å². The number of halogens is 1. The van der Waals surface area contributed by atoms with Gasteiger partial charge in [0.15, 0.2) is 0 Å². The minimum Gasteiger partial charge on any atom is -0.305 e. The lowest BCUT2D eigenvalue weighted by atomic mass is 10.3. The highest BCUT2D eigenvalue weighted by Crippen LogP contribution is 2.19. The van der Waals surface area contributed by atoms with E-state index in [4.69, 9.17) is 23.8 Å². The van der Waals surface area contributed by atoms with E-state index >= 15 is 0 Å². The third-order valence-electron chi connectivity index (χ3n) is 2.46. The lowest BCUT2D eigenvalue weighted by Crippen LogP contribution is -2.47. The fourth-order valence-electron chi connectivity index (χ4n) is 1.47. The van der Waals surface area contributed by atoms with Crippen molar-refractivity contribution in [3.8, 4) is 0 Å². The quantitative estimate of drug-likeness (QED) is 0.388. The molecule has 0 saturated carbocycles. The van der Waals surface area contributed by atoms with E-state index in [1.165, 1.54) is 6.21 Å². The number of hydrazone groups is 1. The molecule has 9 heteroatoms. The van der Waals surface area contributed by atoms with Crippen LogP contribution >= 0.6 is 23.8 Å². The van der Waals surface area contributed by atoms with Crippen LogP contribution in [-0.4, -0.2) is 22.3 Å². The molecule has 1 heterocycles. The van der Waals surface area contributed by atoms with Crippen molar-refractivity contribution in [1.82, 2.24) is 21.3 Å². The van der Waals surface area contributed by atoms with Crippen molar-refractivity contribution in [3.63, 3.8) is 0 Å². The Morgan fingerprint density at radius 2 is 1.96 bits per heavy atom. The number of benzene rings is 1. The number of carbonyl (C=O) groups excluding carboxylic acids is 1. The Balaban J connectivity index is 1.73. The number of amides is 2. The summed E-state index contributed by atoms with van der Waals surface area (Å²) in [6.45, 7) is 0. The van der Waals surface area contributed by atoms with E-state index in [1.807, 2.05) is 6.07 Å². The van der Waals surface area contributed by atoms with Gasteiger partial charge in [0.05, 0.1) is 22.6 Å². The monoisotopic (exact) mass is 348 g/mol. The summed E-state index contributed by atoms with van der Waals surface area (Å²) in [4.78, 5) is 15.7. The molecular weight excluding hydrogens is 336 g/mol. The van der Waals surface area contributed by atoms with Crippen LogP contribution in [0.5, 0.6) is 0 Å². The third kappa shape index (κ3) is 5.89. The number of nitrogens with zero attached hydrogens (tertiary/aromatic N) is 2. The summed E-state index contributed by atoms with van der Waals surface area (Å²) in [5.74, 6) is 0. The predicted octanol–water partition coefficient (Wildman–Crippen LogP) is 2.27. The van der Waals surface area contributed by atoms with Gasteiger partial charge in [-0.05, 0) is 36.5 Å². The maximum absolute atomic E-state index is 11.7. The molecule has 0 radical (unpaired) electrons. The molecule has 0 aliphatic carbocycles. The Kier molecular flexibility index (Phi) is 6.28. The van der Waals surface area contributed by atoms with Gasteiger partial charge in [-0.1, -0.05) is 29.8 Å². The maximum Gasteiger partial charge on any atom is 0.337 e. The van der Waals surface area contributed by atoms with E-state index in [0.29, 0.717) is 16.4 Å². The van der Waals surface area contributed by atoms with Crippen molar-refractivity contribution in [1.29, 1.82) is 0 Å². The molecular formula is C14H13ClN6OS. The standard InChI is InChI=1S/C14H13ClN6OS/c15-11-6-1-2-7-12(11)18-13(22)19-21-14(23)20-17-9-10-5-3-4-8-16-10/h1-9H,(H2,18,19,22)(H2,20,21,23)/b17-9+. The second-order valence-corrected chi connectivity index (χ2v) is 4.95. The molecule has 0 aliphatic heterocycles. The van der Waals surface area contributed by atoms with Gasteiger partial charge < -0.3 is 5.32 Å². The van der Waals surface area contributed by atoms with Crippen LogP contribution in [0, 0.1) is 0 Å². The zero-order valence-corrected chi connectivity index (χ0v) is 13.4. The van der Waals surface area contributed by atoms with Crippen LogP contribution in [0.15, 0.2) is 53.8 Å². The number of anilines is 1. The van der Waals surface area contributed by atoms with Crippen molar-refractivity contribution in [2.75, 3.05) is 5.32 Å². The van der Waals surface area contributed by atoms with Crippen molar-refractivity contribution < 1.29 is 4.79 Å². The molecule has 0 atom stereocenters. The minimum atomic E-state index is -0.518. The van der Waals surface area contributed by atoms with Crippen LogP contribution < -0.4 is 21.6 Å². The molecule has 0 fully saturated rings. The van der Waals surface area contributed by atoms with E-state index < -0.39 is 6.03 Å². The second-order valence-electron chi connectivity index (χ2n) is 4.14. The molecule has 2 rings (SSSR count). The highest BCUT2D eigenvalue weighted by molar-refractivity contribution is 7.80. The number of hydrazine groups is 1. The second kappa shape index (κ2) is 8.66. The minimum absolute atomic E-state index is 0.117. The van der Waals surface area contributed by atoms with Gasteiger partial charge >= 0.3 is 6.03 Å². The van der Waals surface area contributed by atoms with Gasteiger partial charge in [-0.3, -0.25) is 15.8 Å². The first-order valence-corrected chi connectivity index (χ1v) is 7.25. The van der Waals surface area contributed by atoms with Crippen molar-refractivity contribution in [2.45, 2.75) is 0 Å². The van der Waals surface area contributed by atoms with E-state index in [-0.39, 0.29) is 5.11 Å². The van der Waals surface area contributed by atoms with E-state index in [1.54, 1.807) is 42.6 Å². The SMILES string of the molecule is O=C(NNC(=S)N/N=C/c1ccccn1)Nc1ccccc1Cl. The number of urea groups is 1. The van der Waals surface area contributed by atoms with Gasteiger partial charge in [0.25, 0.3) is 0 Å². The van der Waals surface area contributed by atoms with Gasteiger partial charge in [-0.25, -0.2) is 10.2 Å². The Labute approximate surface area is 143 Å². The zero-order chi connectivity index (χ0) is 16.5. The Bertz CT molecular complexity index is 709. The molecule has 0 saturated heterocycles. The number of hydrogen-bond donors (Lipinski definition) is 4. The molecule has 1 aromatic heterocycles. The number of nitrogens with one attached hydrogen (secondary N) is 4. The number of aromatic nitrogens is 1. The first kappa shape index (κ1) is 16.7. The predicted molar refractivity (Wildman–Crippen MR) is 94.3 cm³/mol. The zero-order valence-electron chi connectivity index (χ0n) is 11.8. The fourth-order valence-corrected chi connectivity index (χ4v) is 1.75. The Morgan fingerprint density at radius 3 is 2.70 bits per heavy atom. The average Bonchev–Trinajstić information content (AvgIpc) is 2.56. The van der Waals surface area contributed by atoms with Crippen molar-refractivity contribution in [3.05, 3.63) is 59.4 Å². The molecule has 2 aromatic rings. The van der Waals surface area contributed by atoms with Gasteiger partial charge in [-0.2, -0.15) is 5.10 Å². The maximum atomic E-state index is 11.7. The van der Waals surface area contributed by atoms with Crippen LogP contribution in [0.25, 0.3) is 0 Å². The van der Waals surface area contributed by atoms with Crippen LogP contribution in [0.3, 0.4) is 0 Å². The Hall–Kier alpha value is -2.71. The van der Waals surface area contributed by atoms with Gasteiger partial charge in [-0.15, -0.1) is 0 Å². The summed E-state index contributed by atoms with van der Waals surface area (Å²) in [5.41, 5.74) is 8.55. The smallest absolute Gasteiger partial charge is 0.305 e. The molecule has 7 nitrogen and oxygen atoms in total. The van der Waals surface area contributed by atoms with Crippen LogP contribution in [-0.2, 0) is 0 Å². The van der Waals surface area contributed by atoms with Gasteiger partial charge in [0.2, 0.25) is 5.11 Å². The molecule has 23 heavy (non-hydrogen) atoms. The number of pyridine rings is 1. The number of rotatable bonds is 3. The summed E-state index contributed by atoms with van der Waals surface area (Å²) < 4.78 is 0. The van der Waals surface area contributed by atoms with Crippen LogP contribution in [0.4, 0.5) is 10.5 Å². The molecule has 0 bridgehead atoms. The molecule has 4 N–H and O–H groups in total. The van der Waals surface area contributed by atoms with Gasteiger partial charge in [0, 0.05) is 6.20 Å². The van der Waals surface area contributed by atoms with Crippen molar-refractivity contribution >= 4 is 46.9 Å². The lowest BCUT2D eigenvalue weighted by Gasteiger charge is -2.10. The number of hydrogen-bond acceptors (Lipinski definition) is 4. The summed E-state index contributed by atoms with van der Waals surface area (Å²) in [6.07, 6.45) is 3.15. The summed E-state index contributed by atoms with van der Waals surface area (Å²) in [7, 11) is 0. The fraction of sp³-hybridized carbons (Fsp3) is 0. The molecule has 1 aromatic carbocycles. The molecule has 0 aliphatic rings. The van der Waals surface area contributed by atoms with Crippen LogP contribution in [0.1, 0.15) is 5.69 Å². The topological polar surface area (TPSA) is 90.4 Å². The van der Waals surface area contributed by atoms with E-state index in [2.05, 4.69) is 31.7 Å². The van der Waals surface area contributed by atoms with E-state index in [0.717, 1.165) is 0 Å². The third-order valence-corrected chi connectivity index (χ3v) is 2.99. The lowest BCUT2D eigenvalue weighted by molar-refractivity contribution is 0.250. The molecule has 118 valence electrons. The largest absolute Gasteiger partial charge is 0.337 e. The molecule has 0 spiro atoms. The Morgan fingerprint density at radius 1 is 1.17 bits per heavy atom. The normalized spacial score (nSPS) is 10.1. The first-order valence-electron chi connectivity index (χ1n) is 6.47. The summed E-state index contributed by atoms with van der Waals surface area (Å²) in [6, 6.07) is 11.8. The van der Waals surface area contributed by atoms with Crippen molar-refractivity contribution in [2.24, 2.45) is 5.10 Å². The van der Waals surface area contributed by atoms with Crippen LogP contribution in [0.2, 0.25) is 5.02 Å². The average molecular weight is 349 g/mol. The number of thiocarbonyl (C=S) groups is 1. The first-order chi connectivity index (χ1) is 11.1. The van der Waals surface area contributed by atoms with E-state index in [9.17, 15) is 4.79 Å². The number of carbonyl (C=O) groups is 1. The number of para-hydroxylation sites is 1. The molecule has 2 amide bonds. The highest BCUT2D eigenvalue weighted by Gasteiger charge is 2.04.